The van der Waals surface area contributed by atoms with E-state index in [0.29, 0.717) is 0 Å². The Morgan fingerprint density at radius 2 is 2.00 bits per heavy atom. The van der Waals surface area contributed by atoms with Crippen molar-refractivity contribution in [3.63, 3.8) is 0 Å². The number of hydrogen-bond donors (Lipinski definition) is 0. The molecule has 0 bridgehead atoms. The van der Waals surface area contributed by atoms with Crippen LogP contribution in [0.2, 0.25) is 0 Å². The molecule has 0 fully saturated rings. The van der Waals surface area contributed by atoms with Crippen LogP contribution in [0.1, 0.15) is 20.8 Å². The molecule has 1 rings (SSSR count). The standard InChI is InChI=1S/C8H12F2O/c1-8(2,3)5-4-6(9)11-7(5)10/h4-5,7H,1-3H3. The van der Waals surface area contributed by atoms with E-state index >= 15 is 0 Å². The third-order valence-electron chi connectivity index (χ3n) is 1.82. The van der Waals surface area contributed by atoms with Crippen LogP contribution in [0.3, 0.4) is 0 Å². The first kappa shape index (κ1) is 8.50. The zero-order valence-electron chi connectivity index (χ0n) is 6.90. The zero-order valence-corrected chi connectivity index (χ0v) is 6.90. The quantitative estimate of drug-likeness (QED) is 0.532. The van der Waals surface area contributed by atoms with Crippen molar-refractivity contribution in [1.82, 2.24) is 0 Å². The van der Waals surface area contributed by atoms with Crippen LogP contribution in [0.25, 0.3) is 0 Å². The molecule has 0 saturated carbocycles. The summed E-state index contributed by atoms with van der Waals surface area (Å²) < 4.78 is 29.4. The van der Waals surface area contributed by atoms with Crippen LogP contribution in [-0.4, -0.2) is 6.36 Å². The van der Waals surface area contributed by atoms with E-state index in [1.54, 1.807) is 0 Å². The number of rotatable bonds is 0. The Morgan fingerprint density at radius 1 is 1.45 bits per heavy atom. The van der Waals surface area contributed by atoms with Crippen LogP contribution in [0.4, 0.5) is 8.78 Å². The van der Waals surface area contributed by atoms with Gasteiger partial charge in [-0.3, -0.25) is 0 Å². The smallest absolute Gasteiger partial charge is 0.271 e. The molecule has 2 unspecified atom stereocenters. The number of ether oxygens (including phenoxy) is 1. The summed E-state index contributed by atoms with van der Waals surface area (Å²) in [6.45, 7) is 5.55. The summed E-state index contributed by atoms with van der Waals surface area (Å²) in [5.74, 6) is -0.470. The molecule has 1 nitrogen and oxygen atoms in total. The SMILES string of the molecule is CC(C)(C)C1C=C(F)OC1F. The largest absolute Gasteiger partial charge is 0.436 e. The van der Waals surface area contributed by atoms with Gasteiger partial charge in [0, 0.05) is 0 Å². The number of hydrogen-bond acceptors (Lipinski definition) is 1. The van der Waals surface area contributed by atoms with E-state index in [9.17, 15) is 8.78 Å². The van der Waals surface area contributed by atoms with Gasteiger partial charge in [0.25, 0.3) is 6.01 Å². The predicted octanol–water partition coefficient (Wildman–Crippen LogP) is 2.79. The Bertz CT molecular complexity index is 181. The molecule has 2 atom stereocenters. The molecule has 0 amide bonds. The van der Waals surface area contributed by atoms with Crippen LogP contribution >= 0.6 is 0 Å². The number of alkyl halides is 1. The van der Waals surface area contributed by atoms with Crippen molar-refractivity contribution in [1.29, 1.82) is 0 Å². The van der Waals surface area contributed by atoms with Crippen LogP contribution in [0.5, 0.6) is 0 Å². The van der Waals surface area contributed by atoms with Crippen molar-refractivity contribution in [3.8, 4) is 0 Å². The molecule has 1 aliphatic rings. The molecule has 1 heterocycles. The van der Waals surface area contributed by atoms with E-state index in [-0.39, 0.29) is 5.41 Å². The third-order valence-corrected chi connectivity index (χ3v) is 1.82. The van der Waals surface area contributed by atoms with Gasteiger partial charge in [-0.2, -0.15) is 4.39 Å². The van der Waals surface area contributed by atoms with Gasteiger partial charge in [-0.25, -0.2) is 4.39 Å². The maximum absolute atomic E-state index is 12.8. The molecule has 64 valence electrons. The van der Waals surface area contributed by atoms with Gasteiger partial charge in [0.2, 0.25) is 6.36 Å². The van der Waals surface area contributed by atoms with Crippen molar-refractivity contribution in [3.05, 3.63) is 12.1 Å². The second-order valence-electron chi connectivity index (χ2n) is 3.83. The molecular formula is C8H12F2O. The van der Waals surface area contributed by atoms with E-state index in [1.165, 1.54) is 6.08 Å². The number of halogens is 2. The fourth-order valence-corrected chi connectivity index (χ4v) is 1.08. The highest BCUT2D eigenvalue weighted by Gasteiger charge is 2.37. The van der Waals surface area contributed by atoms with Gasteiger partial charge in [-0.1, -0.05) is 20.8 Å². The second-order valence-corrected chi connectivity index (χ2v) is 3.83. The summed E-state index contributed by atoms with van der Waals surface area (Å²) in [7, 11) is 0. The highest BCUT2D eigenvalue weighted by atomic mass is 19.2. The van der Waals surface area contributed by atoms with E-state index in [1.807, 2.05) is 20.8 Å². The summed E-state index contributed by atoms with van der Waals surface area (Å²) in [6, 6.07) is -0.794. The molecule has 0 aromatic heterocycles. The lowest BCUT2D eigenvalue weighted by molar-refractivity contribution is -0.0471. The first-order valence-corrected chi connectivity index (χ1v) is 3.59. The third kappa shape index (κ3) is 1.70. The van der Waals surface area contributed by atoms with Crippen LogP contribution < -0.4 is 0 Å². The first-order valence-electron chi connectivity index (χ1n) is 3.59. The minimum atomic E-state index is -1.52. The van der Waals surface area contributed by atoms with E-state index < -0.39 is 18.3 Å². The fourth-order valence-electron chi connectivity index (χ4n) is 1.08. The average Bonchev–Trinajstić information content (AvgIpc) is 2.08. The fraction of sp³-hybridized carbons (Fsp3) is 0.750. The maximum atomic E-state index is 12.8. The monoisotopic (exact) mass is 162 g/mol. The molecule has 0 radical (unpaired) electrons. The van der Waals surface area contributed by atoms with Crippen molar-refractivity contribution in [2.45, 2.75) is 27.1 Å². The van der Waals surface area contributed by atoms with Gasteiger partial charge in [0.1, 0.15) is 0 Å². The minimum absolute atomic E-state index is 0.284. The lowest BCUT2D eigenvalue weighted by Crippen LogP contribution is -2.25. The van der Waals surface area contributed by atoms with Gasteiger partial charge in [-0.15, -0.1) is 0 Å². The topological polar surface area (TPSA) is 9.23 Å². The Kier molecular flexibility index (Phi) is 1.90. The molecule has 0 spiro atoms. The Hall–Kier alpha value is -0.600. The van der Waals surface area contributed by atoms with Crippen molar-refractivity contribution in [2.75, 3.05) is 0 Å². The van der Waals surface area contributed by atoms with E-state index in [4.69, 9.17) is 0 Å². The summed E-state index contributed by atoms with van der Waals surface area (Å²) in [4.78, 5) is 0. The van der Waals surface area contributed by atoms with Crippen molar-refractivity contribution in [2.24, 2.45) is 11.3 Å². The molecule has 0 aromatic carbocycles. The molecule has 0 aliphatic carbocycles. The molecule has 0 aromatic rings. The van der Waals surface area contributed by atoms with Gasteiger partial charge in [0.15, 0.2) is 0 Å². The first-order chi connectivity index (χ1) is 4.91. The van der Waals surface area contributed by atoms with Crippen LogP contribution in [-0.2, 0) is 4.74 Å². The van der Waals surface area contributed by atoms with Gasteiger partial charge < -0.3 is 4.74 Å². The molecular weight excluding hydrogens is 150 g/mol. The lowest BCUT2D eigenvalue weighted by atomic mass is 9.81. The second kappa shape index (κ2) is 2.47. The highest BCUT2D eigenvalue weighted by molar-refractivity contribution is 5.01. The lowest BCUT2D eigenvalue weighted by Gasteiger charge is -2.25. The van der Waals surface area contributed by atoms with E-state index in [2.05, 4.69) is 4.74 Å². The minimum Gasteiger partial charge on any atom is -0.436 e. The summed E-state index contributed by atoms with van der Waals surface area (Å²) in [5, 5.41) is 0. The normalized spacial score (nSPS) is 31.5. The van der Waals surface area contributed by atoms with Gasteiger partial charge in [-0.05, 0) is 11.5 Å². The zero-order chi connectivity index (χ0) is 8.65. The van der Waals surface area contributed by atoms with Crippen LogP contribution in [0, 0.1) is 11.3 Å². The summed E-state index contributed by atoms with van der Waals surface area (Å²) >= 11 is 0. The van der Waals surface area contributed by atoms with Crippen molar-refractivity contribution < 1.29 is 13.5 Å². The molecule has 1 aliphatic heterocycles. The molecule has 11 heavy (non-hydrogen) atoms. The Morgan fingerprint density at radius 3 is 2.18 bits per heavy atom. The Balaban J connectivity index is 2.74. The van der Waals surface area contributed by atoms with Crippen LogP contribution in [0.15, 0.2) is 12.1 Å². The average molecular weight is 162 g/mol. The predicted molar refractivity (Wildman–Crippen MR) is 38.1 cm³/mol. The molecule has 0 N–H and O–H groups in total. The maximum Gasteiger partial charge on any atom is 0.271 e. The highest BCUT2D eigenvalue weighted by Crippen LogP contribution is 2.38. The molecule has 3 heteroatoms. The van der Waals surface area contributed by atoms with Gasteiger partial charge in [0.05, 0.1) is 5.92 Å². The molecule has 0 saturated heterocycles. The Labute approximate surface area is 65.0 Å². The van der Waals surface area contributed by atoms with Crippen molar-refractivity contribution >= 4 is 0 Å². The van der Waals surface area contributed by atoms with Gasteiger partial charge >= 0.3 is 0 Å². The van der Waals surface area contributed by atoms with E-state index in [0.717, 1.165) is 0 Å². The summed E-state index contributed by atoms with van der Waals surface area (Å²) in [5.41, 5.74) is -0.284. The summed E-state index contributed by atoms with van der Waals surface area (Å²) in [6.07, 6.45) is -0.319.